The van der Waals surface area contributed by atoms with Crippen LogP contribution in [-0.2, 0) is 9.53 Å². The molecule has 1 unspecified atom stereocenters. The highest BCUT2D eigenvalue weighted by molar-refractivity contribution is 6.04. The zero-order valence-electron chi connectivity index (χ0n) is 19.2. The van der Waals surface area contributed by atoms with Crippen molar-refractivity contribution in [2.45, 2.75) is 26.0 Å². The third-order valence-corrected chi connectivity index (χ3v) is 5.18. The number of hydrogen-bond donors (Lipinski definition) is 2. The van der Waals surface area contributed by atoms with E-state index in [-0.39, 0.29) is 6.10 Å². The monoisotopic (exact) mass is 458 g/mol. The van der Waals surface area contributed by atoms with Gasteiger partial charge < -0.3 is 24.8 Å². The van der Waals surface area contributed by atoms with E-state index in [1.807, 2.05) is 48.5 Å². The first-order valence-electron chi connectivity index (χ1n) is 10.9. The second-order valence-corrected chi connectivity index (χ2v) is 7.99. The number of benzene rings is 3. The summed E-state index contributed by atoms with van der Waals surface area (Å²) in [5, 5.41) is 5.65. The van der Waals surface area contributed by atoms with E-state index in [1.165, 1.54) is 0 Å². The highest BCUT2D eigenvalue weighted by Gasteiger charge is 2.35. The van der Waals surface area contributed by atoms with E-state index >= 15 is 0 Å². The van der Waals surface area contributed by atoms with Gasteiger partial charge in [-0.2, -0.15) is 0 Å². The molecule has 0 fully saturated rings. The predicted molar refractivity (Wildman–Crippen MR) is 129 cm³/mol. The highest BCUT2D eigenvalue weighted by Crippen LogP contribution is 2.34. The van der Waals surface area contributed by atoms with E-state index in [9.17, 15) is 9.59 Å². The van der Waals surface area contributed by atoms with Crippen molar-refractivity contribution in [3.63, 3.8) is 0 Å². The summed E-state index contributed by atoms with van der Waals surface area (Å²) in [4.78, 5) is 25.9. The molecule has 3 aromatic carbocycles. The largest absolute Gasteiger partial charge is 0.497 e. The maximum absolute atomic E-state index is 13.3. The molecule has 1 atom stereocenters. The Bertz CT molecular complexity index is 1200. The number of rotatable bonds is 7. The predicted octanol–water partition coefficient (Wildman–Crippen LogP) is 5.20. The van der Waals surface area contributed by atoms with Gasteiger partial charge in [-0.3, -0.25) is 0 Å². The molecule has 1 aliphatic rings. The van der Waals surface area contributed by atoms with Crippen molar-refractivity contribution in [2.75, 3.05) is 7.11 Å². The van der Waals surface area contributed by atoms with Crippen LogP contribution in [-0.4, -0.2) is 25.2 Å². The number of carbonyl (C=O) groups excluding carboxylic acids is 2. The number of methoxy groups -OCH3 is 1. The summed E-state index contributed by atoms with van der Waals surface area (Å²) in [6, 6.07) is 22.6. The van der Waals surface area contributed by atoms with Crippen LogP contribution < -0.4 is 20.1 Å². The molecule has 2 N–H and O–H groups in total. The van der Waals surface area contributed by atoms with E-state index in [2.05, 4.69) is 10.6 Å². The molecule has 0 saturated heterocycles. The van der Waals surface area contributed by atoms with Crippen molar-refractivity contribution in [1.29, 1.82) is 0 Å². The lowest BCUT2D eigenvalue weighted by Gasteiger charge is -2.30. The van der Waals surface area contributed by atoms with Crippen molar-refractivity contribution < 1.29 is 23.8 Å². The Morgan fingerprint density at radius 2 is 1.59 bits per heavy atom. The molecule has 0 aliphatic carbocycles. The fraction of sp³-hybridized carbons (Fsp3) is 0.185. The summed E-state index contributed by atoms with van der Waals surface area (Å²) in [5.74, 6) is 1.41. The topological polar surface area (TPSA) is 85.9 Å². The summed E-state index contributed by atoms with van der Waals surface area (Å²) < 4.78 is 16.8. The average molecular weight is 459 g/mol. The van der Waals surface area contributed by atoms with Crippen LogP contribution in [0.25, 0.3) is 5.70 Å². The van der Waals surface area contributed by atoms with Gasteiger partial charge in [-0.1, -0.05) is 30.3 Å². The Labute approximate surface area is 198 Å². The Kier molecular flexibility index (Phi) is 6.82. The van der Waals surface area contributed by atoms with E-state index in [4.69, 9.17) is 14.2 Å². The van der Waals surface area contributed by atoms with Crippen LogP contribution in [0.3, 0.4) is 0 Å². The normalized spacial score (nSPS) is 15.4. The van der Waals surface area contributed by atoms with Crippen LogP contribution in [0.5, 0.6) is 17.2 Å². The van der Waals surface area contributed by atoms with Crippen LogP contribution in [0.2, 0.25) is 0 Å². The van der Waals surface area contributed by atoms with E-state index in [1.54, 1.807) is 51.3 Å². The number of hydrogen-bond acceptors (Lipinski definition) is 5. The van der Waals surface area contributed by atoms with Gasteiger partial charge in [-0.15, -0.1) is 0 Å². The fourth-order valence-corrected chi connectivity index (χ4v) is 3.68. The Balaban J connectivity index is 1.78. The lowest BCUT2D eigenvalue weighted by atomic mass is 9.92. The standard InChI is InChI=1S/C27H26N2O5/c1-17(2)33-26(30)23-24(18-12-14-20(32-3)15-13-18)28-27(31)29-25(23)19-8-7-11-22(16-19)34-21-9-5-4-6-10-21/h4-17,25H,1-3H3,(H2,28,29,31). The van der Waals surface area contributed by atoms with Crippen molar-refractivity contribution in [2.24, 2.45) is 0 Å². The minimum atomic E-state index is -0.739. The summed E-state index contributed by atoms with van der Waals surface area (Å²) in [6.45, 7) is 3.56. The van der Waals surface area contributed by atoms with Gasteiger partial charge in [0.1, 0.15) is 17.2 Å². The number of ether oxygens (including phenoxy) is 3. The number of carbonyl (C=O) groups is 2. The maximum Gasteiger partial charge on any atom is 0.338 e. The van der Waals surface area contributed by atoms with Gasteiger partial charge in [0.2, 0.25) is 0 Å². The zero-order chi connectivity index (χ0) is 24.1. The second-order valence-electron chi connectivity index (χ2n) is 7.99. The van der Waals surface area contributed by atoms with Gasteiger partial charge in [0.15, 0.2) is 0 Å². The quantitative estimate of drug-likeness (QED) is 0.475. The third kappa shape index (κ3) is 5.20. The Morgan fingerprint density at radius 3 is 2.26 bits per heavy atom. The van der Waals surface area contributed by atoms with Gasteiger partial charge in [-0.05, 0) is 73.5 Å². The molecule has 3 aromatic rings. The lowest BCUT2D eigenvalue weighted by Crippen LogP contribution is -2.45. The van der Waals surface area contributed by atoms with Crippen molar-refractivity contribution in [3.8, 4) is 17.2 Å². The molecule has 0 spiro atoms. The Hall–Kier alpha value is -4.26. The van der Waals surface area contributed by atoms with Gasteiger partial charge in [0.25, 0.3) is 0 Å². The van der Waals surface area contributed by atoms with Crippen molar-refractivity contribution in [1.82, 2.24) is 10.6 Å². The van der Waals surface area contributed by atoms with Gasteiger partial charge in [0, 0.05) is 0 Å². The Morgan fingerprint density at radius 1 is 0.882 bits per heavy atom. The SMILES string of the molecule is COc1ccc(C2=C(C(=O)OC(C)C)C(c3cccc(Oc4ccccc4)c3)NC(=O)N2)cc1. The molecule has 1 heterocycles. The average Bonchev–Trinajstić information content (AvgIpc) is 2.84. The highest BCUT2D eigenvalue weighted by atomic mass is 16.5. The second kappa shape index (κ2) is 10.1. The summed E-state index contributed by atoms with van der Waals surface area (Å²) in [6.07, 6.45) is -0.330. The molecule has 7 heteroatoms. The summed E-state index contributed by atoms with van der Waals surface area (Å²) in [5.41, 5.74) is 2.03. The molecule has 2 amide bonds. The first-order valence-corrected chi connectivity index (χ1v) is 10.9. The van der Waals surface area contributed by atoms with Crippen LogP contribution in [0, 0.1) is 0 Å². The van der Waals surface area contributed by atoms with Crippen LogP contribution in [0.1, 0.15) is 31.0 Å². The summed E-state index contributed by atoms with van der Waals surface area (Å²) >= 11 is 0. The number of urea groups is 1. The van der Waals surface area contributed by atoms with Crippen LogP contribution in [0.4, 0.5) is 4.79 Å². The molecule has 4 rings (SSSR count). The van der Waals surface area contributed by atoms with E-state index in [0.29, 0.717) is 39.6 Å². The first kappa shape index (κ1) is 22.9. The molecular formula is C27H26N2O5. The molecular weight excluding hydrogens is 432 g/mol. The molecule has 0 saturated carbocycles. The van der Waals surface area contributed by atoms with Crippen LogP contribution in [0.15, 0.2) is 84.4 Å². The lowest BCUT2D eigenvalue weighted by molar-refractivity contribution is -0.143. The zero-order valence-corrected chi connectivity index (χ0v) is 19.2. The maximum atomic E-state index is 13.3. The molecule has 7 nitrogen and oxygen atoms in total. The molecule has 0 radical (unpaired) electrons. The molecule has 0 aromatic heterocycles. The smallest absolute Gasteiger partial charge is 0.338 e. The fourth-order valence-electron chi connectivity index (χ4n) is 3.68. The number of esters is 1. The summed E-state index contributed by atoms with van der Waals surface area (Å²) in [7, 11) is 1.58. The van der Waals surface area contributed by atoms with Crippen molar-refractivity contribution >= 4 is 17.7 Å². The van der Waals surface area contributed by atoms with Crippen LogP contribution >= 0.6 is 0 Å². The van der Waals surface area contributed by atoms with Crippen molar-refractivity contribution in [3.05, 3.63) is 95.6 Å². The molecule has 174 valence electrons. The van der Waals surface area contributed by atoms with Gasteiger partial charge in [-0.25, -0.2) is 9.59 Å². The van der Waals surface area contributed by atoms with E-state index < -0.39 is 18.0 Å². The molecule has 34 heavy (non-hydrogen) atoms. The third-order valence-electron chi connectivity index (χ3n) is 5.18. The van der Waals surface area contributed by atoms with E-state index in [0.717, 1.165) is 0 Å². The minimum absolute atomic E-state index is 0.301. The number of amides is 2. The minimum Gasteiger partial charge on any atom is -0.497 e. The number of para-hydroxylation sites is 1. The molecule has 1 aliphatic heterocycles. The first-order chi connectivity index (χ1) is 16.4. The van der Waals surface area contributed by atoms with Gasteiger partial charge >= 0.3 is 12.0 Å². The molecule has 0 bridgehead atoms. The number of nitrogens with one attached hydrogen (secondary N) is 2. The van der Waals surface area contributed by atoms with Gasteiger partial charge in [0.05, 0.1) is 30.5 Å².